The zero-order valence-electron chi connectivity index (χ0n) is 8.92. The van der Waals surface area contributed by atoms with Crippen molar-refractivity contribution in [1.82, 2.24) is 0 Å². The van der Waals surface area contributed by atoms with Crippen LogP contribution in [-0.4, -0.2) is 30.3 Å². The SMILES string of the molecule is CCOC(=O)CSCCCC(F)CC. The van der Waals surface area contributed by atoms with Crippen molar-refractivity contribution in [3.8, 4) is 0 Å². The maximum Gasteiger partial charge on any atom is 0.315 e. The first-order valence-electron chi connectivity index (χ1n) is 5.08. The van der Waals surface area contributed by atoms with E-state index in [1.165, 1.54) is 11.8 Å². The second-order valence-electron chi connectivity index (χ2n) is 3.01. The van der Waals surface area contributed by atoms with Crippen LogP contribution in [0.2, 0.25) is 0 Å². The summed E-state index contributed by atoms with van der Waals surface area (Å²) < 4.78 is 17.5. The summed E-state index contributed by atoms with van der Waals surface area (Å²) in [5.74, 6) is 1.04. The topological polar surface area (TPSA) is 26.3 Å². The molecule has 84 valence electrons. The Bertz CT molecular complexity index is 153. The number of rotatable bonds is 8. The third kappa shape index (κ3) is 8.35. The summed E-state index contributed by atoms with van der Waals surface area (Å²) in [7, 11) is 0. The largest absolute Gasteiger partial charge is 0.465 e. The number of esters is 1. The number of carbonyl (C=O) groups is 1. The minimum atomic E-state index is -0.682. The highest BCUT2D eigenvalue weighted by atomic mass is 32.2. The van der Waals surface area contributed by atoms with Gasteiger partial charge in [-0.1, -0.05) is 6.92 Å². The van der Waals surface area contributed by atoms with Crippen molar-refractivity contribution in [3.05, 3.63) is 0 Å². The monoisotopic (exact) mass is 222 g/mol. The summed E-state index contributed by atoms with van der Waals surface area (Å²) in [6.07, 6.45) is 1.34. The highest BCUT2D eigenvalue weighted by Crippen LogP contribution is 2.10. The summed E-state index contributed by atoms with van der Waals surface area (Å²) in [4.78, 5) is 10.9. The summed E-state index contributed by atoms with van der Waals surface area (Å²) in [6, 6.07) is 0. The molecule has 0 N–H and O–H groups in total. The van der Waals surface area contributed by atoms with Crippen molar-refractivity contribution >= 4 is 17.7 Å². The van der Waals surface area contributed by atoms with Gasteiger partial charge in [0.1, 0.15) is 0 Å². The van der Waals surface area contributed by atoms with Gasteiger partial charge in [0, 0.05) is 0 Å². The molecule has 0 aliphatic heterocycles. The van der Waals surface area contributed by atoms with Crippen LogP contribution in [0.15, 0.2) is 0 Å². The molecule has 1 unspecified atom stereocenters. The lowest BCUT2D eigenvalue weighted by Crippen LogP contribution is -2.07. The molecule has 14 heavy (non-hydrogen) atoms. The minimum absolute atomic E-state index is 0.176. The Morgan fingerprint density at radius 2 is 2.21 bits per heavy atom. The van der Waals surface area contributed by atoms with Gasteiger partial charge >= 0.3 is 5.97 Å². The number of hydrogen-bond donors (Lipinski definition) is 0. The Kier molecular flexibility index (Phi) is 9.14. The van der Waals surface area contributed by atoms with E-state index in [9.17, 15) is 9.18 Å². The standard InChI is InChI=1S/C10H19FO2S/c1-3-9(11)6-5-7-14-8-10(12)13-4-2/h9H,3-8H2,1-2H3. The normalized spacial score (nSPS) is 12.5. The molecule has 0 fully saturated rings. The van der Waals surface area contributed by atoms with Crippen molar-refractivity contribution in [1.29, 1.82) is 0 Å². The van der Waals surface area contributed by atoms with E-state index < -0.39 is 6.17 Å². The van der Waals surface area contributed by atoms with Crippen LogP contribution in [0.5, 0.6) is 0 Å². The first-order chi connectivity index (χ1) is 6.70. The van der Waals surface area contributed by atoms with Crippen LogP contribution < -0.4 is 0 Å². The molecular weight excluding hydrogens is 203 g/mol. The van der Waals surface area contributed by atoms with Crippen molar-refractivity contribution in [3.63, 3.8) is 0 Å². The van der Waals surface area contributed by atoms with Crippen molar-refractivity contribution in [2.75, 3.05) is 18.1 Å². The average molecular weight is 222 g/mol. The van der Waals surface area contributed by atoms with Gasteiger partial charge < -0.3 is 4.74 Å². The summed E-state index contributed by atoms with van der Waals surface area (Å²) in [6.45, 7) is 4.07. The van der Waals surface area contributed by atoms with E-state index in [-0.39, 0.29) is 5.97 Å². The Balaban J connectivity index is 3.17. The molecule has 0 aliphatic rings. The fourth-order valence-electron chi connectivity index (χ4n) is 0.969. The lowest BCUT2D eigenvalue weighted by Gasteiger charge is -2.04. The Morgan fingerprint density at radius 1 is 1.50 bits per heavy atom. The molecule has 0 amide bonds. The second kappa shape index (κ2) is 9.31. The highest BCUT2D eigenvalue weighted by molar-refractivity contribution is 7.99. The van der Waals surface area contributed by atoms with Crippen molar-refractivity contribution < 1.29 is 13.9 Å². The van der Waals surface area contributed by atoms with E-state index in [1.807, 2.05) is 6.92 Å². The van der Waals surface area contributed by atoms with E-state index in [0.29, 0.717) is 25.2 Å². The van der Waals surface area contributed by atoms with Gasteiger partial charge in [-0.25, -0.2) is 4.39 Å². The van der Waals surface area contributed by atoms with Crippen LogP contribution in [-0.2, 0) is 9.53 Å². The van der Waals surface area contributed by atoms with E-state index in [1.54, 1.807) is 6.92 Å². The maximum atomic E-state index is 12.7. The number of thioether (sulfide) groups is 1. The molecule has 0 aliphatic carbocycles. The minimum Gasteiger partial charge on any atom is -0.465 e. The maximum absolute atomic E-state index is 12.7. The van der Waals surface area contributed by atoms with Gasteiger partial charge in [0.25, 0.3) is 0 Å². The first kappa shape index (κ1) is 13.8. The van der Waals surface area contributed by atoms with Crippen LogP contribution in [0.4, 0.5) is 4.39 Å². The van der Waals surface area contributed by atoms with E-state index in [0.717, 1.165) is 12.2 Å². The van der Waals surface area contributed by atoms with Gasteiger partial charge in [-0.05, 0) is 31.9 Å². The fourth-order valence-corrected chi connectivity index (χ4v) is 1.73. The summed E-state index contributed by atoms with van der Waals surface area (Å²) >= 11 is 1.51. The first-order valence-corrected chi connectivity index (χ1v) is 6.23. The molecule has 0 radical (unpaired) electrons. The molecule has 0 aromatic rings. The van der Waals surface area contributed by atoms with Gasteiger partial charge in [0.05, 0.1) is 18.5 Å². The Hall–Kier alpha value is -0.250. The predicted octanol–water partition coefficient (Wildman–Crippen LogP) is 2.81. The van der Waals surface area contributed by atoms with Crippen LogP contribution >= 0.6 is 11.8 Å². The molecule has 0 bridgehead atoms. The van der Waals surface area contributed by atoms with E-state index in [2.05, 4.69) is 0 Å². The zero-order chi connectivity index (χ0) is 10.8. The van der Waals surface area contributed by atoms with Crippen molar-refractivity contribution in [2.24, 2.45) is 0 Å². The molecule has 4 heteroatoms. The molecule has 0 saturated carbocycles. The lowest BCUT2D eigenvalue weighted by atomic mass is 10.2. The van der Waals surface area contributed by atoms with Gasteiger partial charge in [-0.15, -0.1) is 0 Å². The van der Waals surface area contributed by atoms with Crippen LogP contribution in [0.1, 0.15) is 33.1 Å². The molecular formula is C10H19FO2S. The third-order valence-corrected chi connectivity index (χ3v) is 2.79. The van der Waals surface area contributed by atoms with Gasteiger partial charge in [0.15, 0.2) is 0 Å². The Labute approximate surface area is 89.6 Å². The zero-order valence-corrected chi connectivity index (χ0v) is 9.74. The number of alkyl halides is 1. The lowest BCUT2D eigenvalue weighted by molar-refractivity contribution is -0.139. The third-order valence-electron chi connectivity index (χ3n) is 1.77. The van der Waals surface area contributed by atoms with Crippen LogP contribution in [0.25, 0.3) is 0 Å². The van der Waals surface area contributed by atoms with E-state index >= 15 is 0 Å². The van der Waals surface area contributed by atoms with Gasteiger partial charge in [0.2, 0.25) is 0 Å². The van der Waals surface area contributed by atoms with Gasteiger partial charge in [-0.2, -0.15) is 11.8 Å². The molecule has 0 spiro atoms. The van der Waals surface area contributed by atoms with Crippen LogP contribution in [0.3, 0.4) is 0 Å². The number of halogens is 1. The highest BCUT2D eigenvalue weighted by Gasteiger charge is 2.04. The fraction of sp³-hybridized carbons (Fsp3) is 0.900. The molecule has 1 atom stereocenters. The molecule has 0 aromatic carbocycles. The number of carbonyl (C=O) groups excluding carboxylic acids is 1. The second-order valence-corrected chi connectivity index (χ2v) is 4.11. The van der Waals surface area contributed by atoms with Gasteiger partial charge in [-0.3, -0.25) is 4.79 Å². The number of hydrogen-bond acceptors (Lipinski definition) is 3. The predicted molar refractivity (Wildman–Crippen MR) is 58.4 cm³/mol. The molecule has 0 rings (SSSR count). The quantitative estimate of drug-likeness (QED) is 0.466. The molecule has 0 aromatic heterocycles. The van der Waals surface area contributed by atoms with Crippen LogP contribution in [0, 0.1) is 0 Å². The smallest absolute Gasteiger partial charge is 0.315 e. The molecule has 0 heterocycles. The van der Waals surface area contributed by atoms with E-state index in [4.69, 9.17) is 4.74 Å². The summed E-state index contributed by atoms with van der Waals surface area (Å²) in [5, 5.41) is 0. The van der Waals surface area contributed by atoms with Crippen molar-refractivity contribution in [2.45, 2.75) is 39.3 Å². The number of ether oxygens (including phenoxy) is 1. The molecule has 0 saturated heterocycles. The summed E-state index contributed by atoms with van der Waals surface area (Å²) in [5.41, 5.74) is 0. The molecule has 2 nitrogen and oxygen atoms in total. The average Bonchev–Trinajstić information content (AvgIpc) is 2.17. The Morgan fingerprint density at radius 3 is 2.79 bits per heavy atom.